The van der Waals surface area contributed by atoms with Gasteiger partial charge in [0, 0.05) is 30.2 Å². The van der Waals surface area contributed by atoms with Crippen LogP contribution in [0.25, 0.3) is 28.1 Å². The van der Waals surface area contributed by atoms with Crippen LogP contribution >= 0.6 is 0 Å². The Hall–Kier alpha value is -3.18. The van der Waals surface area contributed by atoms with Crippen LogP contribution in [0.1, 0.15) is 5.56 Å². The number of pyridine rings is 2. The molecular weight excluding hydrogens is 300 g/mol. The van der Waals surface area contributed by atoms with E-state index in [1.807, 2.05) is 53.2 Å². The third kappa shape index (κ3) is 2.14. The molecule has 4 aromatic rings. The molecule has 0 spiro atoms. The van der Waals surface area contributed by atoms with Gasteiger partial charge >= 0.3 is 0 Å². The number of para-hydroxylation sites is 1. The molecule has 3 N–H and O–H groups in total. The van der Waals surface area contributed by atoms with E-state index in [4.69, 9.17) is 5.73 Å². The van der Waals surface area contributed by atoms with Crippen molar-refractivity contribution in [2.45, 2.75) is 6.54 Å². The van der Waals surface area contributed by atoms with Gasteiger partial charge in [0.2, 0.25) is 0 Å². The summed E-state index contributed by atoms with van der Waals surface area (Å²) in [5.74, 6) is 0. The number of hydrogen-bond donors (Lipinski definition) is 2. The lowest BCUT2D eigenvalue weighted by molar-refractivity contribution is 0.984. The quantitative estimate of drug-likeness (QED) is 0.610. The molecule has 0 amide bonds. The molecule has 0 unspecified atom stereocenters. The number of aromatic amines is 1. The van der Waals surface area contributed by atoms with E-state index in [2.05, 4.69) is 9.97 Å². The largest absolute Gasteiger partial charge is 0.360 e. The maximum Gasteiger partial charge on any atom is 0.196 e. The number of H-pyrrole nitrogens is 1. The summed E-state index contributed by atoms with van der Waals surface area (Å²) < 4.78 is 1.99. The van der Waals surface area contributed by atoms with Gasteiger partial charge in [0.1, 0.15) is 5.65 Å². The molecule has 118 valence electrons. The van der Waals surface area contributed by atoms with Crippen molar-refractivity contribution in [3.63, 3.8) is 0 Å². The third-order valence-electron chi connectivity index (χ3n) is 4.10. The number of fused-ring (bicyclic) bond motifs is 1. The first-order valence-electron chi connectivity index (χ1n) is 7.73. The van der Waals surface area contributed by atoms with Crippen LogP contribution in [-0.4, -0.2) is 14.5 Å². The van der Waals surface area contributed by atoms with Crippen LogP contribution in [0, 0.1) is 0 Å². The summed E-state index contributed by atoms with van der Waals surface area (Å²) in [7, 11) is 0. The minimum absolute atomic E-state index is 0.0719. The van der Waals surface area contributed by atoms with E-state index in [0.29, 0.717) is 16.6 Å². The number of nitrogens with zero attached hydrogens (tertiary/aromatic N) is 2. The van der Waals surface area contributed by atoms with Crippen LogP contribution in [0.4, 0.5) is 0 Å². The van der Waals surface area contributed by atoms with Gasteiger partial charge in [-0.3, -0.25) is 9.36 Å². The van der Waals surface area contributed by atoms with E-state index < -0.39 is 0 Å². The average molecular weight is 316 g/mol. The van der Waals surface area contributed by atoms with Crippen molar-refractivity contribution in [3.05, 3.63) is 82.8 Å². The van der Waals surface area contributed by atoms with Gasteiger partial charge in [-0.25, -0.2) is 4.98 Å². The normalized spacial score (nSPS) is 11.0. The molecule has 1 aromatic carbocycles. The Bertz CT molecular complexity index is 1050. The lowest BCUT2D eigenvalue weighted by Crippen LogP contribution is -2.21. The van der Waals surface area contributed by atoms with Crippen LogP contribution in [0.15, 0.2) is 71.8 Å². The van der Waals surface area contributed by atoms with Crippen molar-refractivity contribution >= 4 is 11.0 Å². The Morgan fingerprint density at radius 1 is 1.04 bits per heavy atom. The molecule has 3 aromatic heterocycles. The highest BCUT2D eigenvalue weighted by Gasteiger charge is 2.19. The van der Waals surface area contributed by atoms with Crippen molar-refractivity contribution in [1.29, 1.82) is 0 Å². The fourth-order valence-corrected chi connectivity index (χ4v) is 3.04. The summed E-state index contributed by atoms with van der Waals surface area (Å²) in [5, 5.41) is 0.567. The fourth-order valence-electron chi connectivity index (χ4n) is 3.04. The molecular formula is C19H16N4O. The summed E-state index contributed by atoms with van der Waals surface area (Å²) in [4.78, 5) is 20.6. The Labute approximate surface area is 138 Å². The standard InChI is InChI=1S/C19H16N4O/c20-12-15-17(16-9-5-10-21-16)23(13-6-2-1-3-7-13)19-14(18(15)24)8-4-11-22-19/h1-11,21H,12,20H2. The molecule has 3 heterocycles. The summed E-state index contributed by atoms with van der Waals surface area (Å²) in [5.41, 5.74) is 9.59. The topological polar surface area (TPSA) is 76.7 Å². The molecule has 0 saturated carbocycles. The van der Waals surface area contributed by atoms with Crippen molar-refractivity contribution in [1.82, 2.24) is 14.5 Å². The summed E-state index contributed by atoms with van der Waals surface area (Å²) >= 11 is 0. The fraction of sp³-hybridized carbons (Fsp3) is 0.0526. The number of hydrogen-bond acceptors (Lipinski definition) is 3. The Balaban J connectivity index is 2.25. The number of nitrogens with two attached hydrogens (primary N) is 1. The first kappa shape index (κ1) is 14.4. The number of benzene rings is 1. The van der Waals surface area contributed by atoms with E-state index >= 15 is 0 Å². The molecule has 0 fully saturated rings. The Morgan fingerprint density at radius 3 is 2.58 bits per heavy atom. The van der Waals surface area contributed by atoms with E-state index in [1.165, 1.54) is 0 Å². The van der Waals surface area contributed by atoms with E-state index in [0.717, 1.165) is 17.1 Å². The third-order valence-corrected chi connectivity index (χ3v) is 4.10. The van der Waals surface area contributed by atoms with E-state index in [-0.39, 0.29) is 12.0 Å². The van der Waals surface area contributed by atoms with E-state index in [1.54, 1.807) is 18.3 Å². The molecule has 0 saturated heterocycles. The second-order valence-corrected chi connectivity index (χ2v) is 5.49. The van der Waals surface area contributed by atoms with Gasteiger partial charge in [-0.15, -0.1) is 0 Å². The average Bonchev–Trinajstić information content (AvgIpc) is 3.16. The van der Waals surface area contributed by atoms with Gasteiger partial charge in [-0.2, -0.15) is 0 Å². The predicted molar refractivity (Wildman–Crippen MR) is 95.0 cm³/mol. The van der Waals surface area contributed by atoms with Gasteiger partial charge in [-0.1, -0.05) is 18.2 Å². The summed E-state index contributed by atoms with van der Waals surface area (Å²) in [6.45, 7) is 0.158. The molecule has 24 heavy (non-hydrogen) atoms. The molecule has 0 aliphatic carbocycles. The van der Waals surface area contributed by atoms with Crippen LogP contribution < -0.4 is 11.2 Å². The zero-order valence-corrected chi connectivity index (χ0v) is 12.9. The van der Waals surface area contributed by atoms with Gasteiger partial charge in [0.05, 0.1) is 16.8 Å². The van der Waals surface area contributed by atoms with Crippen molar-refractivity contribution < 1.29 is 0 Å². The zero-order chi connectivity index (χ0) is 16.5. The van der Waals surface area contributed by atoms with Crippen molar-refractivity contribution in [3.8, 4) is 17.1 Å². The molecule has 0 aliphatic heterocycles. The first-order valence-corrected chi connectivity index (χ1v) is 7.73. The van der Waals surface area contributed by atoms with Crippen LogP contribution in [0.3, 0.4) is 0 Å². The Kier molecular flexibility index (Phi) is 3.48. The van der Waals surface area contributed by atoms with Crippen molar-refractivity contribution in [2.24, 2.45) is 5.73 Å². The molecule has 0 radical (unpaired) electrons. The maximum absolute atomic E-state index is 12.9. The molecule has 5 heteroatoms. The van der Waals surface area contributed by atoms with Crippen LogP contribution in [-0.2, 0) is 6.54 Å². The van der Waals surface area contributed by atoms with Crippen LogP contribution in [0.2, 0.25) is 0 Å². The number of rotatable bonds is 3. The highest BCUT2D eigenvalue weighted by atomic mass is 16.1. The number of aromatic nitrogens is 3. The number of nitrogens with one attached hydrogen (secondary N) is 1. The molecule has 4 rings (SSSR count). The van der Waals surface area contributed by atoms with Gasteiger partial charge < -0.3 is 10.7 Å². The minimum Gasteiger partial charge on any atom is -0.360 e. The monoisotopic (exact) mass is 316 g/mol. The summed E-state index contributed by atoms with van der Waals surface area (Å²) in [6, 6.07) is 17.3. The maximum atomic E-state index is 12.9. The lowest BCUT2D eigenvalue weighted by Gasteiger charge is -2.18. The highest BCUT2D eigenvalue weighted by Crippen LogP contribution is 2.27. The van der Waals surface area contributed by atoms with Gasteiger partial charge in [0.25, 0.3) is 0 Å². The molecule has 5 nitrogen and oxygen atoms in total. The smallest absolute Gasteiger partial charge is 0.196 e. The first-order chi connectivity index (χ1) is 11.8. The van der Waals surface area contributed by atoms with E-state index in [9.17, 15) is 4.79 Å². The second kappa shape index (κ2) is 5.79. The Morgan fingerprint density at radius 2 is 1.88 bits per heavy atom. The molecule has 0 bridgehead atoms. The highest BCUT2D eigenvalue weighted by molar-refractivity contribution is 5.83. The van der Waals surface area contributed by atoms with Gasteiger partial charge in [0.15, 0.2) is 5.43 Å². The lowest BCUT2D eigenvalue weighted by atomic mass is 10.1. The van der Waals surface area contributed by atoms with Crippen LogP contribution in [0.5, 0.6) is 0 Å². The van der Waals surface area contributed by atoms with Crippen molar-refractivity contribution in [2.75, 3.05) is 0 Å². The summed E-state index contributed by atoms with van der Waals surface area (Å²) in [6.07, 6.45) is 3.53. The van der Waals surface area contributed by atoms with Gasteiger partial charge in [-0.05, 0) is 36.4 Å². The minimum atomic E-state index is -0.0719. The molecule has 0 atom stereocenters. The second-order valence-electron chi connectivity index (χ2n) is 5.49. The molecule has 0 aliphatic rings. The SMILES string of the molecule is NCc1c(-c2ccc[nH]2)n(-c2ccccc2)c2ncccc2c1=O. The predicted octanol–water partition coefficient (Wildman–Crippen LogP) is 2.84. The zero-order valence-electron chi connectivity index (χ0n) is 12.9.